The third kappa shape index (κ3) is 7.35. The molecule has 0 radical (unpaired) electrons. The van der Waals surface area contributed by atoms with Gasteiger partial charge in [-0.3, -0.25) is 0 Å². The van der Waals surface area contributed by atoms with Crippen molar-refractivity contribution in [1.29, 1.82) is 0 Å². The molecule has 0 heterocycles. The van der Waals surface area contributed by atoms with Gasteiger partial charge in [0.15, 0.2) is 0 Å². The summed E-state index contributed by atoms with van der Waals surface area (Å²) in [7, 11) is -0.0958. The van der Waals surface area contributed by atoms with Crippen LogP contribution < -0.4 is 5.32 Å². The van der Waals surface area contributed by atoms with Crippen LogP contribution in [0.1, 0.15) is 12.0 Å². The normalized spacial score (nSPS) is 12.0. The maximum absolute atomic E-state index is 11.4. The highest BCUT2D eigenvalue weighted by molar-refractivity contribution is 9.10. The van der Waals surface area contributed by atoms with Gasteiger partial charge in [-0.2, -0.15) is 0 Å². The molecule has 1 N–H and O–H groups in total. The number of carbonyl (C=O) groups is 1. The summed E-state index contributed by atoms with van der Waals surface area (Å²) in [5.41, 5.74) is 4.52. The first-order chi connectivity index (χ1) is 9.81. The Morgan fingerprint density at radius 1 is 1.38 bits per heavy atom. The van der Waals surface area contributed by atoms with Gasteiger partial charge in [0, 0.05) is 4.47 Å². The number of methoxy groups -OCH3 is 1. The molecule has 1 atom stereocenters. The first kappa shape index (κ1) is 17.8. The summed E-state index contributed by atoms with van der Waals surface area (Å²) in [6, 6.07) is 7.91. The lowest BCUT2D eigenvalue weighted by atomic mass is 10.1. The van der Waals surface area contributed by atoms with Crippen LogP contribution in [-0.2, 0) is 11.2 Å². The molecule has 0 aliphatic carbocycles. The van der Waals surface area contributed by atoms with Gasteiger partial charge in [0.05, 0.1) is 13.2 Å². The molecule has 0 bridgehead atoms. The Morgan fingerprint density at radius 3 is 2.62 bits per heavy atom. The van der Waals surface area contributed by atoms with Crippen LogP contribution in [0, 0.1) is 11.5 Å². The van der Waals surface area contributed by atoms with Gasteiger partial charge in [-0.1, -0.05) is 59.7 Å². The largest absolute Gasteiger partial charge is 0.453 e. The number of hydrogen-bond donors (Lipinski definition) is 1. The highest BCUT2D eigenvalue weighted by atomic mass is 79.9. The highest BCUT2D eigenvalue weighted by Crippen LogP contribution is 2.18. The Labute approximate surface area is 136 Å². The number of benzene rings is 1. The van der Waals surface area contributed by atoms with Crippen molar-refractivity contribution in [3.05, 3.63) is 34.3 Å². The highest BCUT2D eigenvalue weighted by Gasteiger charge is 2.13. The van der Waals surface area contributed by atoms with E-state index in [1.54, 1.807) is 0 Å². The van der Waals surface area contributed by atoms with Crippen LogP contribution >= 0.6 is 15.9 Å². The van der Waals surface area contributed by atoms with E-state index in [-0.39, 0.29) is 6.04 Å². The Kier molecular flexibility index (Phi) is 6.99. The average molecular weight is 368 g/mol. The fourth-order valence-corrected chi connectivity index (χ4v) is 2.78. The van der Waals surface area contributed by atoms with Crippen molar-refractivity contribution < 1.29 is 9.53 Å². The molecule has 1 aromatic carbocycles. The molecule has 114 valence electrons. The molecule has 0 aliphatic heterocycles. The van der Waals surface area contributed by atoms with Crippen LogP contribution in [-0.4, -0.2) is 27.3 Å². The minimum atomic E-state index is -1.46. The third-order valence-electron chi connectivity index (χ3n) is 2.76. The Morgan fingerprint density at radius 2 is 2.05 bits per heavy atom. The van der Waals surface area contributed by atoms with E-state index in [4.69, 9.17) is 0 Å². The van der Waals surface area contributed by atoms with Gasteiger partial charge < -0.3 is 10.1 Å². The molecule has 0 spiro atoms. The number of hydrogen-bond acceptors (Lipinski definition) is 2. The number of nitrogens with one attached hydrogen (secondary N) is 1. The fourth-order valence-electron chi connectivity index (χ4n) is 1.69. The van der Waals surface area contributed by atoms with Gasteiger partial charge in [0.2, 0.25) is 0 Å². The Balaban J connectivity index is 2.75. The van der Waals surface area contributed by atoms with Crippen molar-refractivity contribution in [3.63, 3.8) is 0 Å². The fraction of sp³-hybridized carbons (Fsp3) is 0.438. The van der Waals surface area contributed by atoms with Crippen LogP contribution in [0.4, 0.5) is 4.79 Å². The van der Waals surface area contributed by atoms with E-state index in [0.717, 1.165) is 17.3 Å². The maximum Gasteiger partial charge on any atom is 0.407 e. The molecular formula is C16H22BrNO2Si. The minimum Gasteiger partial charge on any atom is -0.453 e. The van der Waals surface area contributed by atoms with Crippen LogP contribution in [0.3, 0.4) is 0 Å². The second-order valence-electron chi connectivity index (χ2n) is 5.84. The van der Waals surface area contributed by atoms with Crippen molar-refractivity contribution in [3.8, 4) is 11.5 Å². The van der Waals surface area contributed by atoms with E-state index < -0.39 is 14.2 Å². The zero-order chi connectivity index (χ0) is 15.9. The number of amides is 1. The summed E-state index contributed by atoms with van der Waals surface area (Å²) in [5.74, 6) is 3.20. The first-order valence-corrected chi connectivity index (χ1v) is 11.2. The summed E-state index contributed by atoms with van der Waals surface area (Å²) in [4.78, 5) is 11.4. The van der Waals surface area contributed by atoms with Gasteiger partial charge in [-0.25, -0.2) is 4.79 Å². The van der Waals surface area contributed by atoms with Crippen LogP contribution in [0.2, 0.25) is 19.6 Å². The van der Waals surface area contributed by atoms with E-state index in [2.05, 4.69) is 63.2 Å². The van der Waals surface area contributed by atoms with Gasteiger partial charge >= 0.3 is 6.09 Å². The summed E-state index contributed by atoms with van der Waals surface area (Å²) >= 11 is 3.54. The number of halogens is 1. The predicted octanol–water partition coefficient (Wildman–Crippen LogP) is 3.99. The smallest absolute Gasteiger partial charge is 0.407 e. The van der Waals surface area contributed by atoms with Crippen molar-refractivity contribution >= 4 is 30.1 Å². The molecule has 0 unspecified atom stereocenters. The zero-order valence-corrected chi connectivity index (χ0v) is 15.6. The lowest BCUT2D eigenvalue weighted by Crippen LogP contribution is -2.34. The van der Waals surface area contributed by atoms with Gasteiger partial charge in [0.25, 0.3) is 0 Å². The van der Waals surface area contributed by atoms with Gasteiger partial charge in [0.1, 0.15) is 8.07 Å². The topological polar surface area (TPSA) is 38.3 Å². The lowest BCUT2D eigenvalue weighted by molar-refractivity contribution is 0.168. The summed E-state index contributed by atoms with van der Waals surface area (Å²) in [6.07, 6.45) is 1.17. The van der Waals surface area contributed by atoms with E-state index >= 15 is 0 Å². The van der Waals surface area contributed by atoms with Crippen molar-refractivity contribution in [2.24, 2.45) is 0 Å². The van der Waals surface area contributed by atoms with E-state index in [9.17, 15) is 4.79 Å². The van der Waals surface area contributed by atoms with E-state index in [0.29, 0.717) is 0 Å². The second-order valence-corrected chi connectivity index (χ2v) is 11.4. The number of carbonyl (C=O) groups excluding carboxylic acids is 1. The molecule has 3 nitrogen and oxygen atoms in total. The summed E-state index contributed by atoms with van der Waals surface area (Å²) in [5, 5.41) is 2.80. The first-order valence-electron chi connectivity index (χ1n) is 6.92. The standard InChI is InChI=1S/C16H22BrNO2Si/c1-20-16(19)18-14(11-12-21(2,3)4)10-9-13-7-5-6-8-15(13)17/h5-8,14H,9-10H2,1-4H3,(H,18,19)/t14-/m1/s1. The van der Waals surface area contributed by atoms with Crippen molar-refractivity contribution in [2.75, 3.05) is 7.11 Å². The molecule has 1 rings (SSSR count). The zero-order valence-electron chi connectivity index (χ0n) is 13.0. The number of rotatable bonds is 4. The van der Waals surface area contributed by atoms with E-state index in [1.165, 1.54) is 12.7 Å². The van der Waals surface area contributed by atoms with E-state index in [1.807, 2.05) is 18.2 Å². The predicted molar refractivity (Wildman–Crippen MR) is 92.9 cm³/mol. The molecule has 0 saturated heterocycles. The lowest BCUT2D eigenvalue weighted by Gasteiger charge is -2.14. The molecule has 1 aromatic rings. The number of alkyl carbamates (subject to hydrolysis) is 1. The number of ether oxygens (including phenoxy) is 1. The Bertz CT molecular complexity index is 543. The molecular weight excluding hydrogens is 346 g/mol. The maximum atomic E-state index is 11.4. The quantitative estimate of drug-likeness (QED) is 0.645. The number of aryl methyl sites for hydroxylation is 1. The molecule has 21 heavy (non-hydrogen) atoms. The summed E-state index contributed by atoms with van der Waals surface area (Å²) in [6.45, 7) is 6.55. The van der Waals surface area contributed by atoms with Crippen molar-refractivity contribution in [2.45, 2.75) is 38.5 Å². The molecule has 5 heteroatoms. The van der Waals surface area contributed by atoms with Crippen molar-refractivity contribution in [1.82, 2.24) is 5.32 Å². The molecule has 1 amide bonds. The van der Waals surface area contributed by atoms with Crippen LogP contribution in [0.5, 0.6) is 0 Å². The molecule has 0 aromatic heterocycles. The monoisotopic (exact) mass is 367 g/mol. The molecule has 0 saturated carbocycles. The van der Waals surface area contributed by atoms with Crippen LogP contribution in [0.15, 0.2) is 28.7 Å². The second kappa shape index (κ2) is 8.25. The van der Waals surface area contributed by atoms with Gasteiger partial charge in [-0.05, 0) is 24.5 Å². The molecule has 0 fully saturated rings. The minimum absolute atomic E-state index is 0.184. The van der Waals surface area contributed by atoms with Gasteiger partial charge in [-0.15, -0.1) is 5.54 Å². The third-order valence-corrected chi connectivity index (χ3v) is 4.43. The molecule has 0 aliphatic rings. The SMILES string of the molecule is COC(=O)N[C@@H](C#C[Si](C)(C)C)CCc1ccccc1Br. The summed E-state index contributed by atoms with van der Waals surface area (Å²) < 4.78 is 5.76. The average Bonchev–Trinajstić information content (AvgIpc) is 2.42. The Hall–Kier alpha value is -1.25. The van der Waals surface area contributed by atoms with Crippen LogP contribution in [0.25, 0.3) is 0 Å².